The van der Waals surface area contributed by atoms with Gasteiger partial charge in [0, 0.05) is 5.92 Å². The molecule has 0 aliphatic heterocycles. The molecule has 1 amide bonds. The van der Waals surface area contributed by atoms with E-state index in [4.69, 9.17) is 5.73 Å². The minimum atomic E-state index is -0.241. The van der Waals surface area contributed by atoms with Crippen molar-refractivity contribution in [1.29, 1.82) is 0 Å². The van der Waals surface area contributed by atoms with Crippen LogP contribution in [0, 0.1) is 5.92 Å². The van der Waals surface area contributed by atoms with Crippen molar-refractivity contribution in [2.45, 2.75) is 13.8 Å². The van der Waals surface area contributed by atoms with Gasteiger partial charge in [0.25, 0.3) is 0 Å². The molecule has 0 radical (unpaired) electrons. The van der Waals surface area contributed by atoms with Crippen LogP contribution in [0.2, 0.25) is 0 Å². The van der Waals surface area contributed by atoms with Gasteiger partial charge in [-0.3, -0.25) is 4.79 Å². The summed E-state index contributed by atoms with van der Waals surface area (Å²) in [6.45, 7) is 3.53. The Morgan fingerprint density at radius 2 is 1.86 bits per heavy atom. The van der Waals surface area contributed by atoms with Crippen LogP contribution in [0.15, 0.2) is 0 Å². The van der Waals surface area contributed by atoms with Crippen molar-refractivity contribution < 1.29 is 57.6 Å². The zero-order chi connectivity index (χ0) is 5.15. The summed E-state index contributed by atoms with van der Waals surface area (Å²) in [6, 6.07) is 0. The maximum Gasteiger partial charge on any atom is 1.00 e. The smallest absolute Gasteiger partial charge is 1.00 e. The Morgan fingerprint density at radius 1 is 1.71 bits per heavy atom. The Balaban J connectivity index is -0.000000125. The number of nitrogens with two attached hydrogens (primary N) is 1. The van der Waals surface area contributed by atoms with Crippen molar-refractivity contribution in [3.8, 4) is 0 Å². The van der Waals surface area contributed by atoms with Crippen LogP contribution in [0.25, 0.3) is 0 Å². The van der Waals surface area contributed by atoms with Crippen molar-refractivity contribution in [1.82, 2.24) is 0 Å². The van der Waals surface area contributed by atoms with E-state index < -0.39 is 0 Å². The number of primary amides is 1. The predicted molar refractivity (Wildman–Crippen MR) is 25.1 cm³/mol. The topological polar surface area (TPSA) is 43.1 Å². The van der Waals surface area contributed by atoms with Crippen molar-refractivity contribution in [3.63, 3.8) is 0 Å². The van der Waals surface area contributed by atoms with Gasteiger partial charge in [-0.25, -0.2) is 0 Å². The Bertz CT molecular complexity index is 67.1. The summed E-state index contributed by atoms with van der Waals surface area (Å²) in [5.74, 6) is -0.250. The number of hydrogen-bond donors (Lipinski definition) is 1. The average Bonchev–Trinajstić information content (AvgIpc) is 1.36. The van der Waals surface area contributed by atoms with Gasteiger partial charge in [-0.05, 0) is 0 Å². The van der Waals surface area contributed by atoms with E-state index in [0.29, 0.717) is 0 Å². The largest absolute Gasteiger partial charge is 1.00 e. The van der Waals surface area contributed by atoms with Crippen LogP contribution < -0.4 is 57.1 Å². The minimum Gasteiger partial charge on any atom is -1.00 e. The first-order valence-corrected chi connectivity index (χ1v) is 1.94. The van der Waals surface area contributed by atoms with Gasteiger partial charge in [-0.15, -0.1) is 0 Å². The van der Waals surface area contributed by atoms with Gasteiger partial charge in [-0.1, -0.05) is 13.8 Å². The number of carbonyl (C=O) groups is 1. The molecule has 0 saturated heterocycles. The van der Waals surface area contributed by atoms with Crippen molar-refractivity contribution in [2.75, 3.05) is 0 Å². The molecule has 0 rings (SSSR count). The van der Waals surface area contributed by atoms with Crippen LogP contribution in [0.3, 0.4) is 0 Å². The third-order valence-electron chi connectivity index (χ3n) is 0.569. The molecule has 0 aromatic rings. The molecule has 0 aromatic carbocycles. The first-order valence-electron chi connectivity index (χ1n) is 1.94. The molecule has 38 valence electrons. The van der Waals surface area contributed by atoms with Crippen LogP contribution in [0.4, 0.5) is 0 Å². The molecular formula is C4H10KNO. The summed E-state index contributed by atoms with van der Waals surface area (Å²) in [7, 11) is 0. The van der Waals surface area contributed by atoms with Crippen LogP contribution in [0.5, 0.6) is 0 Å². The molecule has 0 atom stereocenters. The summed E-state index contributed by atoms with van der Waals surface area (Å²) in [6.07, 6.45) is 0. The van der Waals surface area contributed by atoms with E-state index in [1.165, 1.54) is 0 Å². The van der Waals surface area contributed by atoms with Gasteiger partial charge in [0.15, 0.2) is 0 Å². The second-order valence-electron chi connectivity index (χ2n) is 1.56. The SMILES string of the molecule is CC(C)C(N)=O.[H-].[K+]. The van der Waals surface area contributed by atoms with E-state index in [0.717, 1.165) is 0 Å². The van der Waals surface area contributed by atoms with Gasteiger partial charge in [0.2, 0.25) is 5.91 Å². The number of amides is 1. The Morgan fingerprint density at radius 3 is 1.86 bits per heavy atom. The zero-order valence-electron chi connectivity index (χ0n) is 6.06. The number of rotatable bonds is 1. The molecule has 0 bridgehead atoms. The molecule has 0 unspecified atom stereocenters. The molecular weight excluding hydrogens is 117 g/mol. The van der Waals surface area contributed by atoms with Gasteiger partial charge in [0.1, 0.15) is 0 Å². The second-order valence-corrected chi connectivity index (χ2v) is 1.56. The maximum atomic E-state index is 9.92. The zero-order valence-corrected chi connectivity index (χ0v) is 8.19. The third-order valence-corrected chi connectivity index (χ3v) is 0.569. The molecule has 0 aromatic heterocycles. The molecule has 0 aliphatic rings. The van der Waals surface area contributed by atoms with Gasteiger partial charge < -0.3 is 7.16 Å². The van der Waals surface area contributed by atoms with Crippen molar-refractivity contribution >= 4 is 5.91 Å². The van der Waals surface area contributed by atoms with E-state index in [2.05, 4.69) is 0 Å². The van der Waals surface area contributed by atoms with Gasteiger partial charge in [-0.2, -0.15) is 0 Å². The summed E-state index contributed by atoms with van der Waals surface area (Å²) in [5, 5.41) is 0. The van der Waals surface area contributed by atoms with Gasteiger partial charge in [0.05, 0.1) is 0 Å². The van der Waals surface area contributed by atoms with Crippen LogP contribution in [-0.2, 0) is 4.79 Å². The standard InChI is InChI=1S/C4H9NO.K.H/c1-3(2)4(5)6;;/h3H,1-2H3,(H2,5,6);;/q;+1;-1. The molecule has 3 heteroatoms. The molecule has 7 heavy (non-hydrogen) atoms. The Kier molecular flexibility index (Phi) is 8.23. The molecule has 2 N–H and O–H groups in total. The summed E-state index contributed by atoms with van der Waals surface area (Å²) < 4.78 is 0. The van der Waals surface area contributed by atoms with E-state index in [-0.39, 0.29) is 64.6 Å². The van der Waals surface area contributed by atoms with E-state index in [1.807, 2.05) is 0 Å². The first-order chi connectivity index (χ1) is 2.64. The fourth-order valence-electron chi connectivity index (χ4n) is 0. The molecule has 0 fully saturated rings. The Hall–Kier alpha value is 1.11. The van der Waals surface area contributed by atoms with Crippen molar-refractivity contribution in [2.24, 2.45) is 11.7 Å². The van der Waals surface area contributed by atoms with E-state index in [1.54, 1.807) is 13.8 Å². The van der Waals surface area contributed by atoms with Crippen LogP contribution in [0.1, 0.15) is 15.3 Å². The monoisotopic (exact) mass is 127 g/mol. The summed E-state index contributed by atoms with van der Waals surface area (Å²) >= 11 is 0. The molecule has 0 aliphatic carbocycles. The van der Waals surface area contributed by atoms with Crippen LogP contribution in [-0.4, -0.2) is 5.91 Å². The Labute approximate surface area is 87.7 Å². The predicted octanol–water partition coefficient (Wildman–Crippen LogP) is -2.76. The second kappa shape index (κ2) is 5.25. The fourth-order valence-corrected chi connectivity index (χ4v) is 0. The average molecular weight is 127 g/mol. The first kappa shape index (κ1) is 11.0. The fraction of sp³-hybridized carbons (Fsp3) is 0.750. The maximum absolute atomic E-state index is 9.92. The minimum absolute atomic E-state index is 0. The van der Waals surface area contributed by atoms with E-state index >= 15 is 0 Å². The molecule has 2 nitrogen and oxygen atoms in total. The summed E-state index contributed by atoms with van der Waals surface area (Å²) in [4.78, 5) is 9.92. The number of carbonyl (C=O) groups excluding carboxylic acids is 1. The van der Waals surface area contributed by atoms with E-state index in [9.17, 15) is 4.79 Å². The van der Waals surface area contributed by atoms with Gasteiger partial charge >= 0.3 is 51.4 Å². The number of hydrogen-bond acceptors (Lipinski definition) is 1. The normalized spacial score (nSPS) is 7.86. The molecule has 0 saturated carbocycles. The van der Waals surface area contributed by atoms with Crippen LogP contribution >= 0.6 is 0 Å². The van der Waals surface area contributed by atoms with Crippen molar-refractivity contribution in [3.05, 3.63) is 0 Å². The third kappa shape index (κ3) is 7.11. The molecule has 0 spiro atoms. The quantitative estimate of drug-likeness (QED) is 0.381. The molecule has 0 heterocycles. The summed E-state index contributed by atoms with van der Waals surface area (Å²) in [5.41, 5.74) is 4.80.